The number of pyridine rings is 1. The van der Waals surface area contributed by atoms with E-state index >= 15 is 0 Å². The third-order valence-electron chi connectivity index (χ3n) is 3.25. The highest BCUT2D eigenvalue weighted by atomic mass is 16.5. The number of Topliss-reactive ketones (excluding diaryl/α,β-unsaturated/α-hetero) is 1. The molecule has 1 heterocycles. The molecule has 3 nitrogen and oxygen atoms in total. The van der Waals surface area contributed by atoms with Gasteiger partial charge in [0.2, 0.25) is 0 Å². The maximum Gasteiger partial charge on any atom is 0.166 e. The first-order valence-corrected chi connectivity index (χ1v) is 6.36. The van der Waals surface area contributed by atoms with Crippen LogP contribution in [-0.2, 0) is 0 Å². The van der Waals surface area contributed by atoms with Crippen molar-refractivity contribution in [1.29, 1.82) is 0 Å². The summed E-state index contributed by atoms with van der Waals surface area (Å²) >= 11 is 0. The first kappa shape index (κ1) is 11.2. The molecule has 1 aliphatic carbocycles. The normalized spacial score (nSPS) is 14.7. The molecule has 0 N–H and O–H groups in total. The molecule has 0 unspecified atom stereocenters. The highest BCUT2D eigenvalue weighted by Crippen LogP contribution is 2.36. The van der Waals surface area contributed by atoms with Gasteiger partial charge in [0.25, 0.3) is 0 Å². The fourth-order valence-corrected chi connectivity index (χ4v) is 2.20. The molecule has 0 radical (unpaired) electrons. The predicted octanol–water partition coefficient (Wildman–Crippen LogP) is 3.23. The number of aromatic nitrogens is 1. The lowest BCUT2D eigenvalue weighted by atomic mass is 10.0. The summed E-state index contributed by atoms with van der Waals surface area (Å²) in [6, 6.07) is 7.53. The van der Waals surface area contributed by atoms with Gasteiger partial charge in [-0.1, -0.05) is 6.07 Å². The van der Waals surface area contributed by atoms with Crippen LogP contribution in [0.15, 0.2) is 30.5 Å². The lowest BCUT2D eigenvalue weighted by Gasteiger charge is -2.09. The van der Waals surface area contributed by atoms with E-state index in [0.717, 1.165) is 35.1 Å². The van der Waals surface area contributed by atoms with Crippen molar-refractivity contribution >= 4 is 16.7 Å². The van der Waals surface area contributed by atoms with E-state index in [9.17, 15) is 4.79 Å². The van der Waals surface area contributed by atoms with E-state index in [2.05, 4.69) is 4.98 Å². The Labute approximate surface area is 106 Å². The Kier molecular flexibility index (Phi) is 2.74. The number of ether oxygens (including phenoxy) is 1. The maximum absolute atomic E-state index is 12.2. The molecule has 1 saturated carbocycles. The van der Waals surface area contributed by atoms with Crippen molar-refractivity contribution in [2.75, 3.05) is 6.61 Å². The second-order valence-corrected chi connectivity index (χ2v) is 4.58. The summed E-state index contributed by atoms with van der Waals surface area (Å²) < 4.78 is 5.56. The zero-order valence-corrected chi connectivity index (χ0v) is 10.3. The quantitative estimate of drug-likeness (QED) is 0.771. The number of rotatable bonds is 4. The molecule has 1 fully saturated rings. The monoisotopic (exact) mass is 241 g/mol. The van der Waals surface area contributed by atoms with Crippen molar-refractivity contribution in [1.82, 2.24) is 4.98 Å². The van der Waals surface area contributed by atoms with Crippen LogP contribution in [-0.4, -0.2) is 17.4 Å². The summed E-state index contributed by atoms with van der Waals surface area (Å²) in [4.78, 5) is 16.6. The first-order valence-electron chi connectivity index (χ1n) is 6.36. The predicted molar refractivity (Wildman–Crippen MR) is 70.0 cm³/mol. The van der Waals surface area contributed by atoms with Crippen molar-refractivity contribution in [3.63, 3.8) is 0 Å². The molecule has 0 bridgehead atoms. The lowest BCUT2D eigenvalue weighted by Crippen LogP contribution is -2.03. The Bertz CT molecular complexity index is 602. The minimum absolute atomic E-state index is 0.228. The van der Waals surface area contributed by atoms with Gasteiger partial charge in [-0.3, -0.25) is 9.78 Å². The van der Waals surface area contributed by atoms with Crippen LogP contribution in [0.1, 0.15) is 30.1 Å². The van der Waals surface area contributed by atoms with Gasteiger partial charge in [-0.25, -0.2) is 0 Å². The molecular weight excluding hydrogens is 226 g/mol. The van der Waals surface area contributed by atoms with Gasteiger partial charge < -0.3 is 4.74 Å². The average molecular weight is 241 g/mol. The largest absolute Gasteiger partial charge is 0.492 e. The lowest BCUT2D eigenvalue weighted by molar-refractivity contribution is 0.0969. The number of carbonyl (C=O) groups is 1. The topological polar surface area (TPSA) is 39.2 Å². The van der Waals surface area contributed by atoms with Crippen LogP contribution in [0.4, 0.5) is 0 Å². The van der Waals surface area contributed by atoms with Crippen LogP contribution in [0.5, 0.6) is 5.75 Å². The molecule has 2 aromatic rings. The minimum atomic E-state index is 0.228. The van der Waals surface area contributed by atoms with Crippen LogP contribution in [0.25, 0.3) is 10.9 Å². The molecule has 3 heteroatoms. The van der Waals surface area contributed by atoms with Crippen LogP contribution in [0, 0.1) is 5.92 Å². The summed E-state index contributed by atoms with van der Waals surface area (Å²) in [5, 5.41) is 0.903. The second-order valence-electron chi connectivity index (χ2n) is 4.58. The van der Waals surface area contributed by atoms with Gasteiger partial charge in [-0.15, -0.1) is 0 Å². The highest BCUT2D eigenvalue weighted by Gasteiger charge is 2.31. The van der Waals surface area contributed by atoms with Crippen molar-refractivity contribution < 1.29 is 9.53 Å². The fourth-order valence-electron chi connectivity index (χ4n) is 2.20. The molecule has 0 atom stereocenters. The van der Waals surface area contributed by atoms with E-state index in [1.54, 1.807) is 6.20 Å². The van der Waals surface area contributed by atoms with Gasteiger partial charge in [0.15, 0.2) is 5.78 Å². The summed E-state index contributed by atoms with van der Waals surface area (Å²) in [6.45, 7) is 2.54. The SMILES string of the molecule is CCOc1ccc(C(=O)C2CC2)c2cccnc12. The molecule has 0 amide bonds. The Hall–Kier alpha value is -1.90. The molecule has 1 aliphatic rings. The van der Waals surface area contributed by atoms with Gasteiger partial charge in [-0.05, 0) is 38.0 Å². The Morgan fingerprint density at radius 3 is 2.94 bits per heavy atom. The van der Waals surface area contributed by atoms with Crippen LogP contribution < -0.4 is 4.74 Å². The van der Waals surface area contributed by atoms with Gasteiger partial charge in [0.05, 0.1) is 6.61 Å². The molecule has 0 saturated heterocycles. The van der Waals surface area contributed by atoms with Crippen molar-refractivity contribution in [2.45, 2.75) is 19.8 Å². The number of ketones is 1. The average Bonchev–Trinajstić information content (AvgIpc) is 3.23. The van der Waals surface area contributed by atoms with Gasteiger partial charge in [-0.2, -0.15) is 0 Å². The number of hydrogen-bond acceptors (Lipinski definition) is 3. The zero-order chi connectivity index (χ0) is 12.5. The zero-order valence-electron chi connectivity index (χ0n) is 10.3. The van der Waals surface area contributed by atoms with E-state index in [1.807, 2.05) is 31.2 Å². The Morgan fingerprint density at radius 1 is 1.39 bits per heavy atom. The Balaban J connectivity index is 2.16. The molecule has 18 heavy (non-hydrogen) atoms. The Morgan fingerprint density at radius 2 is 2.22 bits per heavy atom. The van der Waals surface area contributed by atoms with Crippen molar-refractivity contribution in [2.24, 2.45) is 5.92 Å². The van der Waals surface area contributed by atoms with Gasteiger partial charge >= 0.3 is 0 Å². The number of nitrogens with zero attached hydrogens (tertiary/aromatic N) is 1. The van der Waals surface area contributed by atoms with Crippen molar-refractivity contribution in [3.8, 4) is 5.75 Å². The highest BCUT2D eigenvalue weighted by molar-refractivity contribution is 6.10. The van der Waals surface area contributed by atoms with E-state index in [0.29, 0.717) is 6.61 Å². The van der Waals surface area contributed by atoms with Gasteiger partial charge in [0, 0.05) is 23.1 Å². The molecule has 0 aliphatic heterocycles. The van der Waals surface area contributed by atoms with E-state index in [4.69, 9.17) is 4.74 Å². The number of carbonyl (C=O) groups excluding carboxylic acids is 1. The van der Waals surface area contributed by atoms with Crippen LogP contribution in [0.3, 0.4) is 0 Å². The van der Waals surface area contributed by atoms with Crippen LogP contribution >= 0.6 is 0 Å². The molecule has 3 rings (SSSR count). The third-order valence-corrected chi connectivity index (χ3v) is 3.25. The van der Waals surface area contributed by atoms with Gasteiger partial charge in [0.1, 0.15) is 11.3 Å². The molecule has 92 valence electrons. The number of benzene rings is 1. The summed E-state index contributed by atoms with van der Waals surface area (Å²) in [6.07, 6.45) is 3.78. The molecule has 1 aromatic carbocycles. The number of hydrogen-bond donors (Lipinski definition) is 0. The summed E-state index contributed by atoms with van der Waals surface area (Å²) in [7, 11) is 0. The second kappa shape index (κ2) is 4.41. The maximum atomic E-state index is 12.2. The smallest absolute Gasteiger partial charge is 0.166 e. The standard InChI is InChI=1S/C15H15NO2/c1-2-18-13-8-7-12(15(17)10-5-6-10)11-4-3-9-16-14(11)13/h3-4,7-10H,2,5-6H2,1H3. The van der Waals surface area contributed by atoms with E-state index in [1.165, 1.54) is 0 Å². The fraction of sp³-hybridized carbons (Fsp3) is 0.333. The van der Waals surface area contributed by atoms with E-state index in [-0.39, 0.29) is 11.7 Å². The molecule has 0 spiro atoms. The van der Waals surface area contributed by atoms with E-state index < -0.39 is 0 Å². The molecular formula is C15H15NO2. The first-order chi connectivity index (χ1) is 8.81. The summed E-state index contributed by atoms with van der Waals surface area (Å²) in [5.41, 5.74) is 1.56. The third kappa shape index (κ3) is 1.86. The van der Waals surface area contributed by atoms with Crippen LogP contribution in [0.2, 0.25) is 0 Å². The number of fused-ring (bicyclic) bond motifs is 1. The van der Waals surface area contributed by atoms with Crippen molar-refractivity contribution in [3.05, 3.63) is 36.0 Å². The minimum Gasteiger partial charge on any atom is -0.492 e. The molecule has 1 aromatic heterocycles. The summed E-state index contributed by atoms with van der Waals surface area (Å²) in [5.74, 6) is 1.22.